The minimum absolute atomic E-state index is 0.0394. The van der Waals surface area contributed by atoms with Gasteiger partial charge < -0.3 is 18.9 Å². The normalized spacial score (nSPS) is 14.8. The van der Waals surface area contributed by atoms with Gasteiger partial charge in [-0.25, -0.2) is 13.8 Å². The first-order chi connectivity index (χ1) is 15.4. The quantitative estimate of drug-likeness (QED) is 0.466. The maximum atomic E-state index is 12.8. The predicted octanol–water partition coefficient (Wildman–Crippen LogP) is 1.50. The zero-order chi connectivity index (χ0) is 23.1. The lowest BCUT2D eigenvalue weighted by molar-refractivity contribution is 0.0730. The van der Waals surface area contributed by atoms with Gasteiger partial charge in [0, 0.05) is 24.2 Å². The van der Waals surface area contributed by atoms with Gasteiger partial charge in [-0.2, -0.15) is 9.41 Å². The van der Waals surface area contributed by atoms with Crippen LogP contribution in [0.1, 0.15) is 15.9 Å². The fraction of sp³-hybridized carbons (Fsp3) is 0.333. The molecule has 1 amide bonds. The van der Waals surface area contributed by atoms with E-state index in [1.807, 2.05) is 0 Å². The van der Waals surface area contributed by atoms with Crippen LogP contribution in [0.15, 0.2) is 46.4 Å². The molecule has 10 nitrogen and oxygen atoms in total. The number of hydrogen-bond acceptors (Lipinski definition) is 8. The lowest BCUT2D eigenvalue weighted by Gasteiger charge is -2.26. The van der Waals surface area contributed by atoms with E-state index in [0.717, 1.165) is 0 Å². The van der Waals surface area contributed by atoms with Crippen molar-refractivity contribution in [3.05, 3.63) is 47.5 Å². The van der Waals surface area contributed by atoms with Crippen LogP contribution < -0.4 is 19.6 Å². The molecule has 0 radical (unpaired) electrons. The van der Waals surface area contributed by atoms with Crippen molar-refractivity contribution < 1.29 is 32.2 Å². The number of hydrazone groups is 1. The standard InChI is InChI=1S/C21H25N3O7S/c1-28-18-8-7-16(19(29-2)20(18)30-3)14-22-23-21(25)15-5-4-6-17(13-15)32(26,27)24-9-11-31-12-10-24/h4-8,13-14H,9-12H2,1-3H3,(H,23,25)/b22-14+. The molecule has 1 N–H and O–H groups in total. The fourth-order valence-corrected chi connectivity index (χ4v) is 4.64. The molecule has 32 heavy (non-hydrogen) atoms. The molecule has 3 rings (SSSR count). The minimum atomic E-state index is -3.71. The van der Waals surface area contributed by atoms with Crippen LogP contribution in [-0.4, -0.2) is 72.5 Å². The molecule has 0 atom stereocenters. The van der Waals surface area contributed by atoms with Gasteiger partial charge in [0.25, 0.3) is 5.91 Å². The average molecular weight is 464 g/mol. The number of morpholine rings is 1. The summed E-state index contributed by atoms with van der Waals surface area (Å²) in [5.74, 6) is 0.721. The summed E-state index contributed by atoms with van der Waals surface area (Å²) in [6, 6.07) is 9.20. The van der Waals surface area contributed by atoms with Gasteiger partial charge in [0.1, 0.15) is 0 Å². The smallest absolute Gasteiger partial charge is 0.271 e. The van der Waals surface area contributed by atoms with E-state index in [1.54, 1.807) is 12.1 Å². The topological polar surface area (TPSA) is 116 Å². The van der Waals surface area contributed by atoms with Crippen molar-refractivity contribution in [1.82, 2.24) is 9.73 Å². The monoisotopic (exact) mass is 463 g/mol. The number of nitrogens with one attached hydrogen (secondary N) is 1. The number of carbonyl (C=O) groups excluding carboxylic acids is 1. The van der Waals surface area contributed by atoms with Crippen LogP contribution >= 0.6 is 0 Å². The molecule has 1 saturated heterocycles. The van der Waals surface area contributed by atoms with Crippen molar-refractivity contribution in [3.63, 3.8) is 0 Å². The number of amides is 1. The number of rotatable bonds is 8. The van der Waals surface area contributed by atoms with E-state index in [1.165, 1.54) is 56.1 Å². The van der Waals surface area contributed by atoms with Crippen LogP contribution in [0.4, 0.5) is 0 Å². The molecule has 11 heteroatoms. The molecule has 1 fully saturated rings. The molecule has 1 aliphatic rings. The Morgan fingerprint density at radius 2 is 1.78 bits per heavy atom. The number of ether oxygens (including phenoxy) is 4. The van der Waals surface area contributed by atoms with Crippen LogP contribution in [-0.2, 0) is 14.8 Å². The molecule has 0 bridgehead atoms. The third-order valence-electron chi connectivity index (χ3n) is 4.81. The maximum absolute atomic E-state index is 12.8. The first-order valence-electron chi connectivity index (χ1n) is 9.72. The Morgan fingerprint density at radius 3 is 2.44 bits per heavy atom. The van der Waals surface area contributed by atoms with Gasteiger partial charge in [-0.15, -0.1) is 0 Å². The van der Waals surface area contributed by atoms with Crippen LogP contribution in [0.25, 0.3) is 0 Å². The Bertz CT molecular complexity index is 1100. The third-order valence-corrected chi connectivity index (χ3v) is 6.70. The van der Waals surface area contributed by atoms with Crippen molar-refractivity contribution in [2.45, 2.75) is 4.90 Å². The first kappa shape index (κ1) is 23.5. The summed E-state index contributed by atoms with van der Waals surface area (Å²) in [4.78, 5) is 12.6. The van der Waals surface area contributed by atoms with Crippen molar-refractivity contribution in [3.8, 4) is 17.2 Å². The minimum Gasteiger partial charge on any atom is -0.493 e. The van der Waals surface area contributed by atoms with E-state index in [4.69, 9.17) is 18.9 Å². The molecule has 172 valence electrons. The molecule has 0 aliphatic carbocycles. The second-order valence-corrected chi connectivity index (χ2v) is 8.60. The highest BCUT2D eigenvalue weighted by Crippen LogP contribution is 2.38. The molecule has 1 aliphatic heterocycles. The summed E-state index contributed by atoms with van der Waals surface area (Å²) < 4.78 is 48.1. The zero-order valence-electron chi connectivity index (χ0n) is 18.0. The summed E-state index contributed by atoms with van der Waals surface area (Å²) >= 11 is 0. The van der Waals surface area contributed by atoms with Crippen molar-refractivity contribution in [1.29, 1.82) is 0 Å². The molecule has 0 spiro atoms. The number of carbonyl (C=O) groups is 1. The largest absolute Gasteiger partial charge is 0.493 e. The van der Waals surface area contributed by atoms with E-state index < -0.39 is 15.9 Å². The fourth-order valence-electron chi connectivity index (χ4n) is 3.18. The molecule has 1 heterocycles. The van der Waals surface area contributed by atoms with Crippen molar-refractivity contribution in [2.24, 2.45) is 5.10 Å². The first-order valence-corrected chi connectivity index (χ1v) is 11.2. The number of sulfonamides is 1. The highest BCUT2D eigenvalue weighted by molar-refractivity contribution is 7.89. The van der Waals surface area contributed by atoms with E-state index >= 15 is 0 Å². The van der Waals surface area contributed by atoms with Gasteiger partial charge in [0.15, 0.2) is 11.5 Å². The highest BCUT2D eigenvalue weighted by Gasteiger charge is 2.26. The Hall–Kier alpha value is -3.15. The lowest BCUT2D eigenvalue weighted by Crippen LogP contribution is -2.40. The third kappa shape index (κ3) is 5.01. The SMILES string of the molecule is COc1ccc(/C=N/NC(=O)c2cccc(S(=O)(=O)N3CCOCC3)c2)c(OC)c1OC. The molecule has 2 aromatic rings. The summed E-state index contributed by atoms with van der Waals surface area (Å²) in [7, 11) is 0.767. The van der Waals surface area contributed by atoms with Crippen LogP contribution in [0, 0.1) is 0 Å². The van der Waals surface area contributed by atoms with E-state index in [0.29, 0.717) is 36.0 Å². The molecule has 2 aromatic carbocycles. The second-order valence-electron chi connectivity index (χ2n) is 6.67. The lowest BCUT2D eigenvalue weighted by atomic mass is 10.2. The molecule has 0 unspecified atom stereocenters. The van der Waals surface area contributed by atoms with Crippen LogP contribution in [0.5, 0.6) is 17.2 Å². The number of benzene rings is 2. The zero-order valence-corrected chi connectivity index (χ0v) is 18.8. The Kier molecular flexibility index (Phi) is 7.67. The van der Waals surface area contributed by atoms with Gasteiger partial charge in [-0.1, -0.05) is 6.07 Å². The van der Waals surface area contributed by atoms with Gasteiger partial charge >= 0.3 is 0 Å². The van der Waals surface area contributed by atoms with Crippen molar-refractivity contribution >= 4 is 22.1 Å². The van der Waals surface area contributed by atoms with Crippen LogP contribution in [0.3, 0.4) is 0 Å². The van der Waals surface area contributed by atoms with Gasteiger partial charge in [0.05, 0.1) is 45.7 Å². The number of methoxy groups -OCH3 is 3. The van der Waals surface area contributed by atoms with E-state index in [2.05, 4.69) is 10.5 Å². The predicted molar refractivity (Wildman–Crippen MR) is 117 cm³/mol. The Morgan fingerprint density at radius 1 is 1.06 bits per heavy atom. The summed E-state index contributed by atoms with van der Waals surface area (Å²) in [5, 5.41) is 3.96. The second kappa shape index (κ2) is 10.4. The Labute approximate surface area is 186 Å². The molecule has 0 aromatic heterocycles. The number of hydrogen-bond donors (Lipinski definition) is 1. The maximum Gasteiger partial charge on any atom is 0.271 e. The molecular weight excluding hydrogens is 438 g/mol. The van der Waals surface area contributed by atoms with Gasteiger partial charge in [-0.3, -0.25) is 4.79 Å². The van der Waals surface area contributed by atoms with Crippen molar-refractivity contribution in [2.75, 3.05) is 47.6 Å². The van der Waals surface area contributed by atoms with Gasteiger partial charge in [-0.05, 0) is 30.3 Å². The number of nitrogens with zero attached hydrogens (tertiary/aromatic N) is 2. The van der Waals surface area contributed by atoms with Gasteiger partial charge in [0.2, 0.25) is 15.8 Å². The summed E-state index contributed by atoms with van der Waals surface area (Å²) in [6.45, 7) is 1.23. The highest BCUT2D eigenvalue weighted by atomic mass is 32.2. The summed E-state index contributed by atoms with van der Waals surface area (Å²) in [6.07, 6.45) is 1.40. The summed E-state index contributed by atoms with van der Waals surface area (Å²) in [5.41, 5.74) is 3.11. The van der Waals surface area contributed by atoms with E-state index in [9.17, 15) is 13.2 Å². The molecule has 0 saturated carbocycles. The average Bonchev–Trinajstić information content (AvgIpc) is 2.84. The Balaban J connectivity index is 1.76. The van der Waals surface area contributed by atoms with E-state index in [-0.39, 0.29) is 23.5 Å². The molecular formula is C21H25N3O7S. The van der Waals surface area contributed by atoms with Crippen LogP contribution in [0.2, 0.25) is 0 Å².